The van der Waals surface area contributed by atoms with E-state index in [1.165, 1.54) is 30.0 Å². The summed E-state index contributed by atoms with van der Waals surface area (Å²) in [7, 11) is 0. The maximum absolute atomic E-state index is 11.3. The van der Waals surface area contributed by atoms with Crippen LogP contribution in [-0.4, -0.2) is 34.9 Å². The van der Waals surface area contributed by atoms with Gasteiger partial charge < -0.3 is 10.0 Å². The summed E-state index contributed by atoms with van der Waals surface area (Å²) in [5.41, 5.74) is 0.335. The maximum Gasteiger partial charge on any atom is 0.292 e. The Hall–Kier alpha value is -2.48. The second-order valence-corrected chi connectivity index (χ2v) is 4.51. The van der Waals surface area contributed by atoms with E-state index in [1.807, 2.05) is 0 Å². The lowest BCUT2D eigenvalue weighted by Gasteiger charge is -2.27. The van der Waals surface area contributed by atoms with Gasteiger partial charge in [-0.3, -0.25) is 25.0 Å². The topological polar surface area (TPSA) is 113 Å². The number of aliphatic hydroxyl groups is 1. The normalized spacial score (nSPS) is 16.8. The molecule has 0 aromatic heterocycles. The minimum Gasteiger partial charge on any atom is -0.389 e. The smallest absolute Gasteiger partial charge is 0.292 e. The first-order valence-corrected chi connectivity index (χ1v) is 5.92. The van der Waals surface area contributed by atoms with Crippen LogP contribution in [-0.2, 0) is 9.59 Å². The number of piperazine rings is 1. The Bertz CT molecular complexity index is 568. The molecule has 2 amide bonds. The van der Waals surface area contributed by atoms with Crippen molar-refractivity contribution < 1.29 is 19.6 Å². The van der Waals surface area contributed by atoms with E-state index in [-0.39, 0.29) is 24.5 Å². The van der Waals surface area contributed by atoms with Gasteiger partial charge in [-0.05, 0) is 18.6 Å². The number of hydrogen-bond donors (Lipinski definition) is 2. The zero-order valence-corrected chi connectivity index (χ0v) is 10.7. The van der Waals surface area contributed by atoms with Crippen LogP contribution in [0.3, 0.4) is 0 Å². The van der Waals surface area contributed by atoms with Gasteiger partial charge in [0.05, 0.1) is 24.1 Å². The molecule has 0 radical (unpaired) electrons. The third-order valence-electron chi connectivity index (χ3n) is 2.97. The molecule has 0 spiro atoms. The molecule has 2 N–H and O–H groups in total. The van der Waals surface area contributed by atoms with Crippen molar-refractivity contribution in [3.05, 3.63) is 33.9 Å². The van der Waals surface area contributed by atoms with E-state index in [2.05, 4.69) is 5.32 Å². The van der Waals surface area contributed by atoms with Crippen molar-refractivity contribution in [2.24, 2.45) is 0 Å². The molecular formula is C12H13N3O5. The number of carbonyl (C=O) groups is 2. The van der Waals surface area contributed by atoms with Crippen LogP contribution in [0, 0.1) is 10.1 Å². The summed E-state index contributed by atoms with van der Waals surface area (Å²) in [4.78, 5) is 34.5. The average molecular weight is 279 g/mol. The van der Waals surface area contributed by atoms with Gasteiger partial charge in [-0.15, -0.1) is 0 Å². The van der Waals surface area contributed by atoms with E-state index in [0.717, 1.165) is 0 Å². The van der Waals surface area contributed by atoms with Crippen LogP contribution in [0.5, 0.6) is 0 Å². The number of aliphatic hydroxyl groups excluding tert-OH is 1. The number of benzene rings is 1. The summed E-state index contributed by atoms with van der Waals surface area (Å²) in [6.07, 6.45) is -0.839. The molecule has 1 heterocycles. The maximum atomic E-state index is 11.3. The Morgan fingerprint density at radius 1 is 1.35 bits per heavy atom. The number of amides is 2. The molecule has 2 rings (SSSR count). The van der Waals surface area contributed by atoms with E-state index >= 15 is 0 Å². The monoisotopic (exact) mass is 279 g/mol. The molecule has 1 aliphatic heterocycles. The van der Waals surface area contributed by atoms with E-state index in [1.54, 1.807) is 0 Å². The van der Waals surface area contributed by atoms with Crippen molar-refractivity contribution in [3.8, 4) is 0 Å². The van der Waals surface area contributed by atoms with Gasteiger partial charge in [0.1, 0.15) is 5.69 Å². The number of nitrogens with one attached hydrogen (secondary N) is 1. The Morgan fingerprint density at radius 3 is 2.45 bits per heavy atom. The predicted molar refractivity (Wildman–Crippen MR) is 69.1 cm³/mol. The average Bonchev–Trinajstić information content (AvgIpc) is 2.36. The second kappa shape index (κ2) is 5.25. The van der Waals surface area contributed by atoms with Crippen LogP contribution < -0.4 is 10.2 Å². The van der Waals surface area contributed by atoms with Crippen LogP contribution >= 0.6 is 0 Å². The zero-order valence-electron chi connectivity index (χ0n) is 10.7. The van der Waals surface area contributed by atoms with Gasteiger partial charge in [0.2, 0.25) is 11.8 Å². The summed E-state index contributed by atoms with van der Waals surface area (Å²) in [6, 6.07) is 4.22. The van der Waals surface area contributed by atoms with Gasteiger partial charge in [-0.1, -0.05) is 6.07 Å². The lowest BCUT2D eigenvalue weighted by molar-refractivity contribution is -0.384. The highest BCUT2D eigenvalue weighted by atomic mass is 16.6. The third-order valence-corrected chi connectivity index (χ3v) is 2.97. The third kappa shape index (κ3) is 2.75. The van der Waals surface area contributed by atoms with Crippen molar-refractivity contribution in [1.29, 1.82) is 0 Å². The molecule has 1 atom stereocenters. The number of nitrogens with zero attached hydrogens (tertiary/aromatic N) is 2. The number of hydrogen-bond acceptors (Lipinski definition) is 6. The number of carbonyl (C=O) groups excluding carboxylic acids is 2. The van der Waals surface area contributed by atoms with Gasteiger partial charge in [0.15, 0.2) is 0 Å². The lowest BCUT2D eigenvalue weighted by atomic mass is 10.1. The number of nitro groups is 1. The molecule has 0 aliphatic carbocycles. The van der Waals surface area contributed by atoms with Gasteiger partial charge in [0, 0.05) is 6.07 Å². The van der Waals surface area contributed by atoms with E-state index < -0.39 is 22.8 Å². The molecule has 1 fully saturated rings. The zero-order chi connectivity index (χ0) is 14.9. The number of imide groups is 1. The standard InChI is InChI=1S/C12H13N3O5/c1-7(16)8-2-3-9(10(4-8)15(19)20)14-5-11(17)13-12(18)6-14/h2-4,7,16H,5-6H2,1H3,(H,13,17,18). The molecule has 1 aromatic rings. The van der Waals surface area contributed by atoms with Crippen molar-refractivity contribution in [3.63, 3.8) is 0 Å². The predicted octanol–water partition coefficient (Wildman–Crippen LogP) is 0.111. The van der Waals surface area contributed by atoms with Crippen LogP contribution in [0.1, 0.15) is 18.6 Å². The highest BCUT2D eigenvalue weighted by Gasteiger charge is 2.28. The first-order valence-electron chi connectivity index (χ1n) is 5.92. The molecular weight excluding hydrogens is 266 g/mol. The summed E-state index contributed by atoms with van der Waals surface area (Å²) in [5.74, 6) is -1.01. The molecule has 0 bridgehead atoms. The quantitative estimate of drug-likeness (QED) is 0.461. The fraction of sp³-hybridized carbons (Fsp3) is 0.333. The van der Waals surface area contributed by atoms with Crippen molar-refractivity contribution in [2.75, 3.05) is 18.0 Å². The molecule has 20 heavy (non-hydrogen) atoms. The second-order valence-electron chi connectivity index (χ2n) is 4.51. The van der Waals surface area contributed by atoms with Crippen LogP contribution in [0.4, 0.5) is 11.4 Å². The molecule has 1 unspecified atom stereocenters. The van der Waals surface area contributed by atoms with E-state index in [0.29, 0.717) is 5.56 Å². The fourth-order valence-electron chi connectivity index (χ4n) is 2.02. The number of anilines is 1. The highest BCUT2D eigenvalue weighted by molar-refractivity contribution is 6.03. The summed E-state index contributed by atoms with van der Waals surface area (Å²) in [6.45, 7) is 1.25. The molecule has 0 saturated carbocycles. The van der Waals surface area contributed by atoms with Gasteiger partial charge in [-0.2, -0.15) is 0 Å². The summed E-state index contributed by atoms with van der Waals surface area (Å²) >= 11 is 0. The summed E-state index contributed by atoms with van der Waals surface area (Å²) in [5, 5.41) is 22.7. The van der Waals surface area contributed by atoms with Crippen LogP contribution in [0.2, 0.25) is 0 Å². The number of rotatable bonds is 3. The van der Waals surface area contributed by atoms with Crippen LogP contribution in [0.15, 0.2) is 18.2 Å². The largest absolute Gasteiger partial charge is 0.389 e. The van der Waals surface area contributed by atoms with Crippen molar-refractivity contribution in [1.82, 2.24) is 5.32 Å². The van der Waals surface area contributed by atoms with Gasteiger partial charge in [0.25, 0.3) is 5.69 Å². The Labute approximate surface area is 114 Å². The van der Waals surface area contributed by atoms with E-state index in [4.69, 9.17) is 0 Å². The molecule has 1 aromatic carbocycles. The van der Waals surface area contributed by atoms with Crippen molar-refractivity contribution >= 4 is 23.2 Å². The molecule has 8 heteroatoms. The van der Waals surface area contributed by atoms with E-state index in [9.17, 15) is 24.8 Å². The Balaban J connectivity index is 2.42. The molecule has 1 saturated heterocycles. The number of nitro benzene ring substituents is 1. The Kier molecular flexibility index (Phi) is 3.66. The summed E-state index contributed by atoms with van der Waals surface area (Å²) < 4.78 is 0. The fourth-order valence-corrected chi connectivity index (χ4v) is 2.02. The van der Waals surface area contributed by atoms with Gasteiger partial charge >= 0.3 is 0 Å². The van der Waals surface area contributed by atoms with Crippen LogP contribution in [0.25, 0.3) is 0 Å². The lowest BCUT2D eigenvalue weighted by Crippen LogP contribution is -2.51. The highest BCUT2D eigenvalue weighted by Crippen LogP contribution is 2.31. The van der Waals surface area contributed by atoms with Gasteiger partial charge in [-0.25, -0.2) is 0 Å². The van der Waals surface area contributed by atoms with Crippen molar-refractivity contribution in [2.45, 2.75) is 13.0 Å². The Morgan fingerprint density at radius 2 is 1.95 bits per heavy atom. The molecule has 106 valence electrons. The molecule has 1 aliphatic rings. The molecule has 8 nitrogen and oxygen atoms in total. The SMILES string of the molecule is CC(O)c1ccc(N2CC(=O)NC(=O)C2)c([N+](=O)[O-])c1. The minimum atomic E-state index is -0.839. The first kappa shape index (κ1) is 13.9. The minimum absolute atomic E-state index is 0.124. The first-order chi connectivity index (χ1) is 9.38.